The summed E-state index contributed by atoms with van der Waals surface area (Å²) in [6.07, 6.45) is 2.49. The highest BCUT2D eigenvalue weighted by Crippen LogP contribution is 2.42. The maximum Gasteiger partial charge on any atom is 0.123 e. The Kier molecular flexibility index (Phi) is 4.27. The third kappa shape index (κ3) is 3.63. The average Bonchev–Trinajstić information content (AvgIpc) is 3.30. The summed E-state index contributed by atoms with van der Waals surface area (Å²) in [4.78, 5) is 0. The lowest BCUT2D eigenvalue weighted by atomic mass is 9.99. The normalized spacial score (nSPS) is 17.5. The van der Waals surface area contributed by atoms with E-state index in [2.05, 4.69) is 24.4 Å². The van der Waals surface area contributed by atoms with Crippen molar-refractivity contribution in [3.63, 3.8) is 0 Å². The number of benzene rings is 2. The van der Waals surface area contributed by atoms with Crippen LogP contribution in [-0.4, -0.2) is 0 Å². The Morgan fingerprint density at radius 1 is 1.10 bits per heavy atom. The molecule has 0 aromatic heterocycles. The zero-order chi connectivity index (χ0) is 14.8. The summed E-state index contributed by atoms with van der Waals surface area (Å²) >= 11 is 5.97. The van der Waals surface area contributed by atoms with E-state index < -0.39 is 0 Å². The highest BCUT2D eigenvalue weighted by atomic mass is 35.5. The second kappa shape index (κ2) is 6.17. The van der Waals surface area contributed by atoms with E-state index in [1.54, 1.807) is 12.1 Å². The molecule has 0 aliphatic heterocycles. The summed E-state index contributed by atoms with van der Waals surface area (Å²) in [5.41, 5.74) is 2.24. The highest BCUT2D eigenvalue weighted by molar-refractivity contribution is 6.30. The summed E-state index contributed by atoms with van der Waals surface area (Å²) in [6.45, 7) is 2.08. The lowest BCUT2D eigenvalue weighted by Crippen LogP contribution is -2.26. The van der Waals surface area contributed by atoms with Crippen LogP contribution >= 0.6 is 11.6 Å². The molecule has 1 aliphatic carbocycles. The van der Waals surface area contributed by atoms with E-state index in [9.17, 15) is 4.39 Å². The fourth-order valence-electron chi connectivity index (χ4n) is 2.75. The van der Waals surface area contributed by atoms with E-state index in [1.807, 2.05) is 18.2 Å². The minimum Gasteiger partial charge on any atom is -0.303 e. The Bertz CT molecular complexity index is 607. The molecule has 2 atom stereocenters. The first-order valence-electron chi connectivity index (χ1n) is 7.40. The van der Waals surface area contributed by atoms with Gasteiger partial charge in [0.1, 0.15) is 5.82 Å². The van der Waals surface area contributed by atoms with Crippen LogP contribution in [0.25, 0.3) is 0 Å². The van der Waals surface area contributed by atoms with Gasteiger partial charge in [-0.25, -0.2) is 4.39 Å². The van der Waals surface area contributed by atoms with Crippen molar-refractivity contribution in [3.8, 4) is 0 Å². The van der Waals surface area contributed by atoms with Gasteiger partial charge in [-0.1, -0.05) is 35.9 Å². The molecule has 0 saturated heterocycles. The van der Waals surface area contributed by atoms with E-state index in [0.717, 1.165) is 10.6 Å². The van der Waals surface area contributed by atoms with E-state index in [-0.39, 0.29) is 11.9 Å². The number of hydrogen-bond donors (Lipinski definition) is 1. The third-order valence-corrected chi connectivity index (χ3v) is 4.35. The van der Waals surface area contributed by atoms with Crippen molar-refractivity contribution < 1.29 is 4.39 Å². The van der Waals surface area contributed by atoms with Crippen LogP contribution in [-0.2, 0) is 0 Å². The lowest BCUT2D eigenvalue weighted by Gasteiger charge is -2.24. The maximum absolute atomic E-state index is 13.4. The number of nitrogens with one attached hydrogen (secondary N) is 1. The molecule has 0 spiro atoms. The fourth-order valence-corrected chi connectivity index (χ4v) is 2.87. The molecule has 2 aromatic carbocycles. The molecule has 1 N–H and O–H groups in total. The molecule has 0 amide bonds. The minimum absolute atomic E-state index is 0.113. The SMILES string of the molecule is C[C@H](NC(c1ccc(Cl)cc1)C1CC1)c1cccc(F)c1. The van der Waals surface area contributed by atoms with Gasteiger partial charge in [-0.3, -0.25) is 0 Å². The Balaban J connectivity index is 1.77. The van der Waals surface area contributed by atoms with Crippen molar-refractivity contribution in [1.82, 2.24) is 5.32 Å². The molecule has 0 radical (unpaired) electrons. The second-order valence-electron chi connectivity index (χ2n) is 5.81. The molecule has 1 saturated carbocycles. The second-order valence-corrected chi connectivity index (χ2v) is 6.25. The van der Waals surface area contributed by atoms with Crippen LogP contribution in [0.4, 0.5) is 4.39 Å². The third-order valence-electron chi connectivity index (χ3n) is 4.10. The molecule has 1 fully saturated rings. The zero-order valence-corrected chi connectivity index (χ0v) is 12.8. The number of halogens is 2. The summed E-state index contributed by atoms with van der Waals surface area (Å²) in [5.74, 6) is 0.484. The Morgan fingerprint density at radius 3 is 2.43 bits per heavy atom. The van der Waals surface area contributed by atoms with Gasteiger partial charge in [0.2, 0.25) is 0 Å². The molecule has 1 unspecified atom stereocenters. The Labute approximate surface area is 130 Å². The topological polar surface area (TPSA) is 12.0 Å². The Hall–Kier alpha value is -1.38. The average molecular weight is 304 g/mol. The smallest absolute Gasteiger partial charge is 0.123 e. The first-order valence-corrected chi connectivity index (χ1v) is 7.78. The van der Waals surface area contributed by atoms with Gasteiger partial charge < -0.3 is 5.32 Å². The van der Waals surface area contributed by atoms with E-state index >= 15 is 0 Å². The monoisotopic (exact) mass is 303 g/mol. The maximum atomic E-state index is 13.4. The van der Waals surface area contributed by atoms with Crippen molar-refractivity contribution >= 4 is 11.6 Å². The fraction of sp³-hybridized carbons (Fsp3) is 0.333. The molecule has 3 heteroatoms. The van der Waals surface area contributed by atoms with Crippen LogP contribution in [0.2, 0.25) is 5.02 Å². The van der Waals surface area contributed by atoms with Crippen molar-refractivity contribution in [1.29, 1.82) is 0 Å². The molecule has 1 aliphatic rings. The molecule has 110 valence electrons. The lowest BCUT2D eigenvalue weighted by molar-refractivity contribution is 0.426. The van der Waals surface area contributed by atoms with Crippen LogP contribution in [0.3, 0.4) is 0 Å². The summed E-state index contributed by atoms with van der Waals surface area (Å²) in [6, 6.07) is 15.2. The predicted octanol–water partition coefficient (Wildman–Crippen LogP) is 5.28. The quantitative estimate of drug-likeness (QED) is 0.792. The van der Waals surface area contributed by atoms with Crippen molar-refractivity contribution in [2.45, 2.75) is 31.8 Å². The molecular weight excluding hydrogens is 285 g/mol. The zero-order valence-electron chi connectivity index (χ0n) is 12.0. The van der Waals surface area contributed by atoms with Crippen LogP contribution in [0, 0.1) is 11.7 Å². The van der Waals surface area contributed by atoms with Crippen LogP contribution < -0.4 is 5.32 Å². The van der Waals surface area contributed by atoms with E-state index in [0.29, 0.717) is 12.0 Å². The molecular formula is C18H19ClFN. The van der Waals surface area contributed by atoms with Crippen LogP contribution in [0.15, 0.2) is 48.5 Å². The molecule has 0 heterocycles. The van der Waals surface area contributed by atoms with Crippen molar-refractivity contribution in [2.24, 2.45) is 5.92 Å². The summed E-state index contributed by atoms with van der Waals surface area (Å²) in [7, 11) is 0. The molecule has 0 bridgehead atoms. The van der Waals surface area contributed by atoms with Gasteiger partial charge in [0.05, 0.1) is 0 Å². The largest absolute Gasteiger partial charge is 0.303 e. The van der Waals surface area contributed by atoms with Gasteiger partial charge in [0.15, 0.2) is 0 Å². The van der Waals surface area contributed by atoms with Gasteiger partial charge in [0, 0.05) is 17.1 Å². The van der Waals surface area contributed by atoms with Gasteiger partial charge in [-0.15, -0.1) is 0 Å². The summed E-state index contributed by atoms with van der Waals surface area (Å²) in [5, 5.41) is 4.40. The first-order chi connectivity index (χ1) is 10.1. The van der Waals surface area contributed by atoms with Gasteiger partial charge in [-0.05, 0) is 61.1 Å². The predicted molar refractivity (Wildman–Crippen MR) is 84.9 cm³/mol. The number of hydrogen-bond acceptors (Lipinski definition) is 1. The molecule has 3 rings (SSSR count). The van der Waals surface area contributed by atoms with Crippen LogP contribution in [0.1, 0.15) is 43.0 Å². The first kappa shape index (κ1) is 14.6. The number of rotatable bonds is 5. The highest BCUT2D eigenvalue weighted by Gasteiger charge is 2.33. The minimum atomic E-state index is -0.185. The van der Waals surface area contributed by atoms with Gasteiger partial charge in [0.25, 0.3) is 0 Å². The van der Waals surface area contributed by atoms with E-state index in [1.165, 1.54) is 24.5 Å². The van der Waals surface area contributed by atoms with Crippen molar-refractivity contribution in [2.75, 3.05) is 0 Å². The van der Waals surface area contributed by atoms with Crippen molar-refractivity contribution in [3.05, 3.63) is 70.5 Å². The van der Waals surface area contributed by atoms with Gasteiger partial charge in [-0.2, -0.15) is 0 Å². The molecule has 1 nitrogen and oxygen atoms in total. The summed E-state index contributed by atoms with van der Waals surface area (Å²) < 4.78 is 13.4. The molecule has 21 heavy (non-hydrogen) atoms. The standard InChI is InChI=1S/C18H19ClFN/c1-12(15-3-2-4-17(20)11-15)21-18(13-5-6-13)14-7-9-16(19)10-8-14/h2-4,7-13,18,21H,5-6H2,1H3/t12-,18?/m0/s1. The van der Waals surface area contributed by atoms with Gasteiger partial charge >= 0.3 is 0 Å². The van der Waals surface area contributed by atoms with E-state index in [4.69, 9.17) is 11.6 Å². The van der Waals surface area contributed by atoms with Crippen LogP contribution in [0.5, 0.6) is 0 Å². The Morgan fingerprint density at radius 2 is 1.81 bits per heavy atom. The molecule has 2 aromatic rings.